The molecule has 3 unspecified atom stereocenters. The van der Waals surface area contributed by atoms with Gasteiger partial charge in [0.2, 0.25) is 0 Å². The average molecular weight is 376 g/mol. The molecule has 0 bridgehead atoms. The molecule has 0 saturated carbocycles. The van der Waals surface area contributed by atoms with E-state index in [9.17, 15) is 31.9 Å². The lowest BCUT2D eigenvalue weighted by Gasteiger charge is -2.54. The number of halogens is 5. The fourth-order valence-corrected chi connectivity index (χ4v) is 1.97. The van der Waals surface area contributed by atoms with Crippen molar-refractivity contribution in [1.29, 1.82) is 0 Å². The van der Waals surface area contributed by atoms with Gasteiger partial charge in [-0.05, 0) is 13.8 Å². The number of alkyl halides is 5. The Kier molecular flexibility index (Phi) is 5.37. The summed E-state index contributed by atoms with van der Waals surface area (Å²) < 4.78 is 82.7. The van der Waals surface area contributed by atoms with Crippen LogP contribution in [0.15, 0.2) is 12.2 Å². The van der Waals surface area contributed by atoms with Crippen LogP contribution in [0.4, 0.5) is 22.0 Å². The Labute approximate surface area is 141 Å². The van der Waals surface area contributed by atoms with Gasteiger partial charge in [0.15, 0.2) is 11.9 Å². The molecule has 1 heterocycles. The van der Waals surface area contributed by atoms with Crippen molar-refractivity contribution in [3.8, 4) is 0 Å². The number of carbonyl (C=O) groups excluding carboxylic acids is 1. The van der Waals surface area contributed by atoms with Crippen LogP contribution >= 0.6 is 0 Å². The van der Waals surface area contributed by atoms with E-state index in [4.69, 9.17) is 4.74 Å². The van der Waals surface area contributed by atoms with Crippen molar-refractivity contribution in [2.75, 3.05) is 6.61 Å². The van der Waals surface area contributed by atoms with Crippen LogP contribution in [0.5, 0.6) is 0 Å². The molecule has 1 saturated heterocycles. The zero-order valence-electron chi connectivity index (χ0n) is 14.5. The van der Waals surface area contributed by atoms with Gasteiger partial charge in [-0.3, -0.25) is 0 Å². The molecule has 0 spiro atoms. The van der Waals surface area contributed by atoms with Crippen LogP contribution in [0.25, 0.3) is 0 Å². The number of hydrogen-bond acceptors (Lipinski definition) is 5. The number of ether oxygens (including phenoxy) is 3. The molecule has 0 aromatic rings. The highest BCUT2D eigenvalue weighted by Gasteiger charge is 2.81. The Bertz CT molecular complexity index is 553. The molecule has 5 nitrogen and oxygen atoms in total. The number of esters is 1. The van der Waals surface area contributed by atoms with Gasteiger partial charge in [0, 0.05) is 11.0 Å². The van der Waals surface area contributed by atoms with Gasteiger partial charge in [0.1, 0.15) is 6.61 Å². The Morgan fingerprint density at radius 2 is 1.72 bits per heavy atom. The van der Waals surface area contributed by atoms with Gasteiger partial charge in [-0.1, -0.05) is 27.4 Å². The van der Waals surface area contributed by atoms with Gasteiger partial charge < -0.3 is 19.3 Å². The maximum Gasteiger partial charge on any atom is 0.449 e. The van der Waals surface area contributed by atoms with Gasteiger partial charge in [-0.2, -0.15) is 22.0 Å². The zero-order valence-corrected chi connectivity index (χ0v) is 14.5. The highest BCUT2D eigenvalue weighted by Crippen LogP contribution is 2.55. The Morgan fingerprint density at radius 1 is 1.24 bits per heavy atom. The lowest BCUT2D eigenvalue weighted by Crippen LogP contribution is -2.76. The number of rotatable bonds is 3. The molecule has 0 amide bonds. The molecule has 25 heavy (non-hydrogen) atoms. The van der Waals surface area contributed by atoms with Crippen molar-refractivity contribution < 1.29 is 46.1 Å². The molecule has 0 radical (unpaired) electrons. The maximum absolute atomic E-state index is 14.6. The molecule has 0 aliphatic carbocycles. The van der Waals surface area contributed by atoms with Crippen LogP contribution in [0, 0.1) is 5.41 Å². The molecule has 3 atom stereocenters. The quantitative estimate of drug-likeness (QED) is 0.466. The molecule has 0 aromatic carbocycles. The summed E-state index contributed by atoms with van der Waals surface area (Å²) in [5.74, 6) is -10.9. The van der Waals surface area contributed by atoms with Crippen LogP contribution in [-0.2, 0) is 19.0 Å². The van der Waals surface area contributed by atoms with Crippen LogP contribution in [0.1, 0.15) is 34.6 Å². The number of hydrogen-bond donors (Lipinski definition) is 1. The Morgan fingerprint density at radius 3 is 2.08 bits per heavy atom. The Balaban J connectivity index is 3.37. The first-order valence-electron chi connectivity index (χ1n) is 7.24. The summed E-state index contributed by atoms with van der Waals surface area (Å²) in [6.45, 7) is 7.95. The third-order valence-corrected chi connectivity index (χ3v) is 3.65. The first kappa shape index (κ1) is 21.8. The van der Waals surface area contributed by atoms with E-state index in [1.165, 1.54) is 27.7 Å². The summed E-state index contributed by atoms with van der Waals surface area (Å²) >= 11 is 0. The molecule has 1 fully saturated rings. The summed E-state index contributed by atoms with van der Waals surface area (Å²) in [5, 5.41) is 9.74. The lowest BCUT2D eigenvalue weighted by molar-refractivity contribution is -0.530. The van der Waals surface area contributed by atoms with Gasteiger partial charge in [-0.25, -0.2) is 4.79 Å². The third kappa shape index (κ3) is 3.65. The summed E-state index contributed by atoms with van der Waals surface area (Å²) in [6.07, 6.45) is -7.68. The lowest BCUT2D eigenvalue weighted by atomic mass is 9.86. The third-order valence-electron chi connectivity index (χ3n) is 3.65. The van der Waals surface area contributed by atoms with E-state index in [-0.39, 0.29) is 5.57 Å². The normalized spacial score (nSPS) is 33.0. The topological polar surface area (TPSA) is 65.0 Å². The first-order chi connectivity index (χ1) is 10.9. The smallest absolute Gasteiger partial charge is 0.449 e. The van der Waals surface area contributed by atoms with Crippen molar-refractivity contribution in [1.82, 2.24) is 0 Å². The van der Waals surface area contributed by atoms with Crippen molar-refractivity contribution in [2.45, 2.75) is 64.4 Å². The fourth-order valence-electron chi connectivity index (χ4n) is 1.97. The van der Waals surface area contributed by atoms with E-state index in [2.05, 4.69) is 16.1 Å². The standard InChI is InChI=1S/C15H21F5O5/c1-8(2)9(21)23-7-12(6)13(16,17)14(22,15(18,19)20)25-10(24-12)11(3,4)5/h10,22H,1,7H2,2-6H3. The van der Waals surface area contributed by atoms with Gasteiger partial charge in [0.25, 0.3) is 0 Å². The van der Waals surface area contributed by atoms with E-state index >= 15 is 0 Å². The van der Waals surface area contributed by atoms with Crippen molar-refractivity contribution in [3.05, 3.63) is 12.2 Å². The number of aliphatic hydroxyl groups is 1. The van der Waals surface area contributed by atoms with Crippen molar-refractivity contribution in [3.63, 3.8) is 0 Å². The second-order valence-corrected chi connectivity index (χ2v) is 7.24. The van der Waals surface area contributed by atoms with Crippen molar-refractivity contribution >= 4 is 5.97 Å². The van der Waals surface area contributed by atoms with E-state index in [1.807, 2.05) is 0 Å². The van der Waals surface area contributed by atoms with Crippen LogP contribution in [0.3, 0.4) is 0 Å². The summed E-state index contributed by atoms with van der Waals surface area (Å²) in [4.78, 5) is 11.4. The maximum atomic E-state index is 14.6. The van der Waals surface area contributed by atoms with Gasteiger partial charge in [-0.15, -0.1) is 0 Å². The first-order valence-corrected chi connectivity index (χ1v) is 7.24. The largest absolute Gasteiger partial charge is 0.459 e. The molecular formula is C15H21F5O5. The predicted molar refractivity (Wildman–Crippen MR) is 75.5 cm³/mol. The van der Waals surface area contributed by atoms with E-state index in [0.717, 1.165) is 0 Å². The van der Waals surface area contributed by atoms with E-state index in [0.29, 0.717) is 6.92 Å². The molecule has 1 aliphatic heterocycles. The summed E-state index contributed by atoms with van der Waals surface area (Å²) in [6, 6.07) is 0. The fraction of sp³-hybridized carbons (Fsp3) is 0.800. The SMILES string of the molecule is C=C(C)C(=O)OCC1(C)OC(C(C)(C)C)OC(O)(C(F)(F)F)C1(F)F. The molecule has 1 rings (SSSR count). The van der Waals surface area contributed by atoms with E-state index in [1.54, 1.807) is 0 Å². The minimum Gasteiger partial charge on any atom is -0.459 e. The molecule has 1 aliphatic rings. The molecule has 10 heteroatoms. The molecule has 146 valence electrons. The van der Waals surface area contributed by atoms with Crippen LogP contribution < -0.4 is 0 Å². The average Bonchev–Trinajstić information content (AvgIpc) is 2.39. The van der Waals surface area contributed by atoms with Gasteiger partial charge >= 0.3 is 23.9 Å². The highest BCUT2D eigenvalue weighted by atomic mass is 19.4. The second-order valence-electron chi connectivity index (χ2n) is 7.24. The summed E-state index contributed by atoms with van der Waals surface area (Å²) in [5.41, 5.74) is -4.34. The Hall–Kier alpha value is -1.26. The van der Waals surface area contributed by atoms with Crippen LogP contribution in [-0.4, -0.2) is 47.5 Å². The molecule has 1 N–H and O–H groups in total. The van der Waals surface area contributed by atoms with E-state index < -0.39 is 47.8 Å². The summed E-state index contributed by atoms with van der Waals surface area (Å²) in [7, 11) is 0. The zero-order chi connectivity index (χ0) is 20.1. The predicted octanol–water partition coefficient (Wildman–Crippen LogP) is 3.17. The minimum atomic E-state index is -5.83. The van der Waals surface area contributed by atoms with Crippen molar-refractivity contribution in [2.24, 2.45) is 5.41 Å². The monoisotopic (exact) mass is 376 g/mol. The molecular weight excluding hydrogens is 355 g/mol. The minimum absolute atomic E-state index is 0.141. The van der Waals surface area contributed by atoms with Crippen LogP contribution in [0.2, 0.25) is 0 Å². The second kappa shape index (κ2) is 6.17. The highest BCUT2D eigenvalue weighted by molar-refractivity contribution is 5.86. The molecule has 0 aromatic heterocycles. The number of carbonyl (C=O) groups is 1. The van der Waals surface area contributed by atoms with Gasteiger partial charge in [0.05, 0.1) is 0 Å².